The van der Waals surface area contributed by atoms with E-state index in [0.29, 0.717) is 6.04 Å². The van der Waals surface area contributed by atoms with Gasteiger partial charge in [0.15, 0.2) is 5.11 Å². The van der Waals surface area contributed by atoms with Crippen LogP contribution in [0, 0.1) is 0 Å². The van der Waals surface area contributed by atoms with E-state index in [0.717, 1.165) is 18.2 Å². The molecular formula is C13H19N3S. The second kappa shape index (κ2) is 4.92. The van der Waals surface area contributed by atoms with Gasteiger partial charge in [-0.15, -0.1) is 0 Å². The van der Waals surface area contributed by atoms with Crippen LogP contribution in [0.1, 0.15) is 18.5 Å². The summed E-state index contributed by atoms with van der Waals surface area (Å²) in [6.07, 6.45) is 0. The van der Waals surface area contributed by atoms with Crippen LogP contribution in [-0.2, 0) is 0 Å². The van der Waals surface area contributed by atoms with Crippen molar-refractivity contribution >= 4 is 23.0 Å². The topological polar surface area (TPSA) is 18.5 Å². The van der Waals surface area contributed by atoms with E-state index in [-0.39, 0.29) is 0 Å². The third kappa shape index (κ3) is 2.36. The van der Waals surface area contributed by atoms with Crippen LogP contribution in [0.25, 0.3) is 0 Å². The second-order valence-electron chi connectivity index (χ2n) is 4.47. The average Bonchev–Trinajstić information content (AvgIpc) is 2.70. The Labute approximate surface area is 108 Å². The van der Waals surface area contributed by atoms with Crippen LogP contribution in [0.4, 0.5) is 5.69 Å². The van der Waals surface area contributed by atoms with Gasteiger partial charge in [-0.2, -0.15) is 0 Å². The highest BCUT2D eigenvalue weighted by molar-refractivity contribution is 7.80. The van der Waals surface area contributed by atoms with Crippen LogP contribution in [0.2, 0.25) is 0 Å². The van der Waals surface area contributed by atoms with Gasteiger partial charge in [0.2, 0.25) is 0 Å². The molecule has 0 radical (unpaired) electrons. The molecule has 0 saturated carbocycles. The highest BCUT2D eigenvalue weighted by Crippen LogP contribution is 2.25. The van der Waals surface area contributed by atoms with E-state index < -0.39 is 0 Å². The van der Waals surface area contributed by atoms with Crippen LogP contribution in [-0.4, -0.2) is 37.2 Å². The number of hydrogen-bond donors (Lipinski definition) is 1. The van der Waals surface area contributed by atoms with Crippen LogP contribution in [0.3, 0.4) is 0 Å². The Hall–Kier alpha value is -1.29. The number of anilines is 1. The molecule has 1 aromatic carbocycles. The first-order chi connectivity index (χ1) is 8.13. The van der Waals surface area contributed by atoms with Crippen LogP contribution in [0.15, 0.2) is 24.3 Å². The Balaban J connectivity index is 2.20. The lowest BCUT2D eigenvalue weighted by Crippen LogP contribution is -2.29. The zero-order chi connectivity index (χ0) is 12.4. The summed E-state index contributed by atoms with van der Waals surface area (Å²) >= 11 is 5.29. The maximum absolute atomic E-state index is 5.29. The molecule has 1 atom stereocenters. The molecular weight excluding hydrogens is 230 g/mol. The summed E-state index contributed by atoms with van der Waals surface area (Å²) in [7, 11) is 4.11. The summed E-state index contributed by atoms with van der Waals surface area (Å²) in [5, 5.41) is 4.12. The third-order valence-electron chi connectivity index (χ3n) is 3.22. The molecule has 1 aliphatic heterocycles. The minimum Gasteiger partial charge on any atom is -0.378 e. The van der Waals surface area contributed by atoms with Gasteiger partial charge in [-0.25, -0.2) is 0 Å². The van der Waals surface area contributed by atoms with E-state index in [2.05, 4.69) is 60.4 Å². The summed E-state index contributed by atoms with van der Waals surface area (Å²) in [4.78, 5) is 4.35. The Kier molecular flexibility index (Phi) is 3.52. The molecule has 1 heterocycles. The maximum atomic E-state index is 5.29. The van der Waals surface area contributed by atoms with E-state index >= 15 is 0 Å². The molecule has 17 heavy (non-hydrogen) atoms. The lowest BCUT2D eigenvalue weighted by Gasteiger charge is -2.24. The Morgan fingerprint density at radius 1 is 1.35 bits per heavy atom. The monoisotopic (exact) mass is 249 g/mol. The molecule has 1 saturated heterocycles. The molecule has 1 aromatic rings. The van der Waals surface area contributed by atoms with Gasteiger partial charge in [0.1, 0.15) is 0 Å². The molecule has 1 aliphatic rings. The summed E-state index contributed by atoms with van der Waals surface area (Å²) in [6, 6.07) is 9.08. The van der Waals surface area contributed by atoms with Crippen molar-refractivity contribution in [1.29, 1.82) is 0 Å². The minimum absolute atomic E-state index is 0.378. The van der Waals surface area contributed by atoms with Crippen molar-refractivity contribution in [2.24, 2.45) is 0 Å². The minimum atomic E-state index is 0.378. The van der Waals surface area contributed by atoms with Crippen LogP contribution >= 0.6 is 12.2 Å². The molecule has 4 heteroatoms. The Morgan fingerprint density at radius 2 is 2.00 bits per heavy atom. The highest BCUT2D eigenvalue weighted by Gasteiger charge is 2.27. The second-order valence-corrected chi connectivity index (χ2v) is 4.86. The van der Waals surface area contributed by atoms with Crippen LogP contribution < -0.4 is 10.2 Å². The molecule has 0 bridgehead atoms. The van der Waals surface area contributed by atoms with Crippen molar-refractivity contribution < 1.29 is 0 Å². The molecule has 1 unspecified atom stereocenters. The third-order valence-corrected chi connectivity index (χ3v) is 3.60. The van der Waals surface area contributed by atoms with Gasteiger partial charge in [0, 0.05) is 32.9 Å². The van der Waals surface area contributed by atoms with Gasteiger partial charge >= 0.3 is 0 Å². The fourth-order valence-electron chi connectivity index (χ4n) is 2.19. The summed E-state index contributed by atoms with van der Waals surface area (Å²) in [5.74, 6) is 0. The number of benzene rings is 1. The van der Waals surface area contributed by atoms with Crippen LogP contribution in [0.5, 0.6) is 0 Å². The molecule has 92 valence electrons. The first-order valence-electron chi connectivity index (χ1n) is 5.95. The van der Waals surface area contributed by atoms with Crippen molar-refractivity contribution in [3.63, 3.8) is 0 Å². The highest BCUT2D eigenvalue weighted by atomic mass is 32.1. The molecule has 0 aromatic heterocycles. The largest absolute Gasteiger partial charge is 0.378 e. The standard InChI is InChI=1S/C13H19N3S/c1-4-16-12(9-14-13(16)17)10-5-7-11(8-6-10)15(2)3/h5-8,12H,4,9H2,1-3H3,(H,14,17). The predicted molar refractivity (Wildman–Crippen MR) is 76.5 cm³/mol. The van der Waals surface area contributed by atoms with E-state index in [1.807, 2.05) is 0 Å². The molecule has 1 N–H and O–H groups in total. The van der Waals surface area contributed by atoms with Gasteiger partial charge in [-0.05, 0) is 36.8 Å². The van der Waals surface area contributed by atoms with E-state index in [9.17, 15) is 0 Å². The summed E-state index contributed by atoms with van der Waals surface area (Å²) in [6.45, 7) is 4.00. The summed E-state index contributed by atoms with van der Waals surface area (Å²) in [5.41, 5.74) is 2.55. The molecule has 1 fully saturated rings. The Bertz CT molecular complexity index is 400. The molecule has 0 amide bonds. The molecule has 3 nitrogen and oxygen atoms in total. The van der Waals surface area contributed by atoms with Crippen molar-refractivity contribution in [2.75, 3.05) is 32.1 Å². The number of nitrogens with one attached hydrogen (secondary N) is 1. The molecule has 0 aliphatic carbocycles. The molecule has 0 spiro atoms. The van der Waals surface area contributed by atoms with Crippen molar-refractivity contribution in [2.45, 2.75) is 13.0 Å². The number of rotatable bonds is 3. The fourth-order valence-corrected chi connectivity index (χ4v) is 2.53. The van der Waals surface area contributed by atoms with Crippen molar-refractivity contribution in [3.8, 4) is 0 Å². The SMILES string of the molecule is CCN1C(=S)NCC1c1ccc(N(C)C)cc1. The number of nitrogens with zero attached hydrogens (tertiary/aromatic N) is 2. The van der Waals surface area contributed by atoms with Gasteiger partial charge < -0.3 is 15.1 Å². The lowest BCUT2D eigenvalue weighted by atomic mass is 10.1. The summed E-state index contributed by atoms with van der Waals surface area (Å²) < 4.78 is 0. The fraction of sp³-hybridized carbons (Fsp3) is 0.462. The van der Waals surface area contributed by atoms with Gasteiger partial charge in [0.05, 0.1) is 6.04 Å². The lowest BCUT2D eigenvalue weighted by molar-refractivity contribution is 0.378. The number of thiocarbonyl (C=S) groups is 1. The smallest absolute Gasteiger partial charge is 0.169 e. The van der Waals surface area contributed by atoms with Crippen molar-refractivity contribution in [3.05, 3.63) is 29.8 Å². The first-order valence-corrected chi connectivity index (χ1v) is 6.36. The van der Waals surface area contributed by atoms with E-state index in [1.54, 1.807) is 0 Å². The van der Waals surface area contributed by atoms with Gasteiger partial charge in [0.25, 0.3) is 0 Å². The number of likely N-dealkylation sites (N-methyl/N-ethyl adjacent to an activating group) is 1. The van der Waals surface area contributed by atoms with Gasteiger partial charge in [-0.3, -0.25) is 0 Å². The van der Waals surface area contributed by atoms with E-state index in [4.69, 9.17) is 12.2 Å². The number of hydrogen-bond acceptors (Lipinski definition) is 2. The zero-order valence-electron chi connectivity index (χ0n) is 10.6. The van der Waals surface area contributed by atoms with Gasteiger partial charge in [-0.1, -0.05) is 12.1 Å². The maximum Gasteiger partial charge on any atom is 0.169 e. The average molecular weight is 249 g/mol. The predicted octanol–water partition coefficient (Wildman–Crippen LogP) is 2.00. The zero-order valence-corrected chi connectivity index (χ0v) is 11.4. The van der Waals surface area contributed by atoms with E-state index in [1.165, 1.54) is 11.3 Å². The van der Waals surface area contributed by atoms with Crippen molar-refractivity contribution in [1.82, 2.24) is 10.2 Å². The first kappa shape index (κ1) is 12.2. The molecule has 2 rings (SSSR count). The normalized spacial score (nSPS) is 19.4. The Morgan fingerprint density at radius 3 is 2.53 bits per heavy atom. The quantitative estimate of drug-likeness (QED) is 0.826.